The monoisotopic (exact) mass is 356 g/mol. The number of carbonyl (C=O) groups is 2. The maximum atomic E-state index is 12.4. The Morgan fingerprint density at radius 2 is 1.62 bits per heavy atom. The highest BCUT2D eigenvalue weighted by Crippen LogP contribution is 2.16. The molecule has 0 bridgehead atoms. The summed E-state index contributed by atoms with van der Waals surface area (Å²) in [5.41, 5.74) is 5.87. The number of rotatable bonds is 9. The van der Waals surface area contributed by atoms with Gasteiger partial charge in [0.25, 0.3) is 0 Å². The number of benzene rings is 1. The molecular weight excluding hydrogens is 332 g/mol. The van der Waals surface area contributed by atoms with Crippen LogP contribution in [0.15, 0.2) is 29.2 Å². The summed E-state index contributed by atoms with van der Waals surface area (Å²) in [5, 5.41) is 4.99. The third-order valence-corrected chi connectivity index (χ3v) is 5.45. The molecule has 0 aliphatic rings. The Balaban J connectivity index is 2.62. The van der Waals surface area contributed by atoms with Crippen molar-refractivity contribution in [2.24, 2.45) is 5.73 Å². The number of nitrogens with zero attached hydrogens (tertiary/aromatic N) is 1. The average Bonchev–Trinajstić information content (AvgIpc) is 2.58. The predicted molar refractivity (Wildman–Crippen MR) is 90.5 cm³/mol. The molecule has 0 spiro atoms. The summed E-state index contributed by atoms with van der Waals surface area (Å²) in [6, 6.07) is 6.33. The molecule has 1 aromatic carbocycles. The fourth-order valence-electron chi connectivity index (χ4n) is 2.01. The number of sulfonamides is 1. The zero-order valence-corrected chi connectivity index (χ0v) is 14.7. The van der Waals surface area contributed by atoms with Crippen molar-refractivity contribution in [2.45, 2.75) is 25.3 Å². The molecule has 0 heterocycles. The summed E-state index contributed by atoms with van der Waals surface area (Å²) < 4.78 is 26.1. The highest BCUT2D eigenvalue weighted by atomic mass is 32.2. The van der Waals surface area contributed by atoms with Gasteiger partial charge in [-0.05, 0) is 17.7 Å². The lowest BCUT2D eigenvalue weighted by molar-refractivity contribution is -0.125. The smallest absolute Gasteiger partial charge is 0.243 e. The van der Waals surface area contributed by atoms with Crippen LogP contribution in [-0.4, -0.2) is 50.7 Å². The van der Waals surface area contributed by atoms with Gasteiger partial charge in [-0.3, -0.25) is 9.59 Å². The van der Waals surface area contributed by atoms with Gasteiger partial charge in [0.2, 0.25) is 21.8 Å². The topological polar surface area (TPSA) is 122 Å². The van der Waals surface area contributed by atoms with Gasteiger partial charge in [-0.2, -0.15) is 4.31 Å². The van der Waals surface area contributed by atoms with E-state index in [4.69, 9.17) is 5.73 Å². The quantitative estimate of drug-likeness (QED) is 0.546. The van der Waals surface area contributed by atoms with Gasteiger partial charge < -0.3 is 16.4 Å². The summed E-state index contributed by atoms with van der Waals surface area (Å²) >= 11 is 0. The van der Waals surface area contributed by atoms with Crippen LogP contribution in [-0.2, 0) is 26.2 Å². The van der Waals surface area contributed by atoms with Gasteiger partial charge in [0, 0.05) is 19.6 Å². The zero-order chi connectivity index (χ0) is 18.2. The van der Waals surface area contributed by atoms with Crippen LogP contribution in [0.1, 0.15) is 19.4 Å². The van der Waals surface area contributed by atoms with Crippen molar-refractivity contribution < 1.29 is 18.0 Å². The lowest BCUT2D eigenvalue weighted by Crippen LogP contribution is -2.39. The van der Waals surface area contributed by atoms with Crippen molar-refractivity contribution in [1.29, 1.82) is 0 Å². The van der Waals surface area contributed by atoms with Crippen LogP contribution in [0.2, 0.25) is 0 Å². The molecule has 4 N–H and O–H groups in total. The van der Waals surface area contributed by atoms with E-state index in [0.29, 0.717) is 13.1 Å². The second-order valence-electron chi connectivity index (χ2n) is 4.99. The fourth-order valence-corrected chi connectivity index (χ4v) is 3.46. The second-order valence-corrected chi connectivity index (χ2v) is 6.93. The van der Waals surface area contributed by atoms with E-state index in [9.17, 15) is 18.0 Å². The first-order valence-corrected chi connectivity index (χ1v) is 9.11. The van der Waals surface area contributed by atoms with Gasteiger partial charge in [-0.15, -0.1) is 0 Å². The molecule has 1 aromatic rings. The van der Waals surface area contributed by atoms with Crippen molar-refractivity contribution in [3.8, 4) is 0 Å². The third kappa shape index (κ3) is 5.59. The molecule has 0 aliphatic carbocycles. The first kappa shape index (κ1) is 20.1. The van der Waals surface area contributed by atoms with Gasteiger partial charge in [0.1, 0.15) is 0 Å². The maximum Gasteiger partial charge on any atom is 0.243 e. The molecule has 24 heavy (non-hydrogen) atoms. The van der Waals surface area contributed by atoms with Gasteiger partial charge in [-0.1, -0.05) is 26.0 Å². The third-order valence-electron chi connectivity index (χ3n) is 3.39. The molecule has 8 nitrogen and oxygen atoms in total. The van der Waals surface area contributed by atoms with Crippen molar-refractivity contribution in [2.75, 3.05) is 26.2 Å². The molecule has 2 amide bonds. The summed E-state index contributed by atoms with van der Waals surface area (Å²) in [6.07, 6.45) is 0. The Morgan fingerprint density at radius 3 is 2.12 bits per heavy atom. The summed E-state index contributed by atoms with van der Waals surface area (Å²) in [7, 11) is -3.48. The van der Waals surface area contributed by atoms with Gasteiger partial charge in [-0.25, -0.2) is 8.42 Å². The molecule has 0 aliphatic heterocycles. The first-order chi connectivity index (χ1) is 11.3. The lowest BCUT2D eigenvalue weighted by atomic mass is 10.2. The van der Waals surface area contributed by atoms with Crippen LogP contribution in [0.25, 0.3) is 0 Å². The second kappa shape index (κ2) is 9.36. The molecule has 134 valence electrons. The van der Waals surface area contributed by atoms with Crippen LogP contribution >= 0.6 is 0 Å². The van der Waals surface area contributed by atoms with E-state index in [1.807, 2.05) is 0 Å². The van der Waals surface area contributed by atoms with Crippen molar-refractivity contribution >= 4 is 21.8 Å². The van der Waals surface area contributed by atoms with Gasteiger partial charge >= 0.3 is 0 Å². The standard InChI is InChI=1S/C15H24N4O4S/c1-3-19(4-2)24(22,23)13-7-5-12(6-8-13)10-17-15(21)11-18-14(20)9-16/h5-8H,3-4,9-11,16H2,1-2H3,(H,17,21)(H,18,20). The van der Waals surface area contributed by atoms with Crippen LogP contribution in [0.5, 0.6) is 0 Å². The van der Waals surface area contributed by atoms with Crippen molar-refractivity contribution in [1.82, 2.24) is 14.9 Å². The molecule has 0 saturated carbocycles. The minimum atomic E-state index is -3.48. The zero-order valence-electron chi connectivity index (χ0n) is 13.9. The Kier molecular flexibility index (Phi) is 7.83. The van der Waals surface area contributed by atoms with E-state index >= 15 is 0 Å². The first-order valence-electron chi connectivity index (χ1n) is 7.67. The van der Waals surface area contributed by atoms with Crippen LogP contribution < -0.4 is 16.4 Å². The Bertz CT molecular complexity index is 655. The minimum Gasteiger partial charge on any atom is -0.350 e. The Morgan fingerprint density at radius 1 is 1.04 bits per heavy atom. The lowest BCUT2D eigenvalue weighted by Gasteiger charge is -2.18. The van der Waals surface area contributed by atoms with Gasteiger partial charge in [0.05, 0.1) is 18.0 Å². The Labute approximate surface area is 142 Å². The average molecular weight is 356 g/mol. The van der Waals surface area contributed by atoms with Crippen molar-refractivity contribution in [3.05, 3.63) is 29.8 Å². The summed E-state index contributed by atoms with van der Waals surface area (Å²) in [5.74, 6) is -0.757. The summed E-state index contributed by atoms with van der Waals surface area (Å²) in [4.78, 5) is 22.7. The normalized spacial score (nSPS) is 11.3. The molecule has 0 unspecified atom stereocenters. The molecule has 0 saturated heterocycles. The molecule has 0 radical (unpaired) electrons. The molecule has 0 aromatic heterocycles. The van der Waals surface area contributed by atoms with E-state index in [0.717, 1.165) is 5.56 Å². The summed E-state index contributed by atoms with van der Waals surface area (Å²) in [6.45, 7) is 4.31. The molecule has 0 atom stereocenters. The number of hydrogen-bond donors (Lipinski definition) is 3. The van der Waals surface area contributed by atoms with E-state index < -0.39 is 15.9 Å². The van der Waals surface area contributed by atoms with Crippen LogP contribution in [0, 0.1) is 0 Å². The highest BCUT2D eigenvalue weighted by Gasteiger charge is 2.21. The number of carbonyl (C=O) groups excluding carboxylic acids is 2. The van der Waals surface area contributed by atoms with E-state index in [1.165, 1.54) is 16.4 Å². The van der Waals surface area contributed by atoms with Crippen molar-refractivity contribution in [3.63, 3.8) is 0 Å². The van der Waals surface area contributed by atoms with E-state index in [-0.39, 0.29) is 30.4 Å². The Hall–Kier alpha value is -1.97. The number of nitrogens with one attached hydrogen (secondary N) is 2. The number of nitrogens with two attached hydrogens (primary N) is 1. The molecule has 1 rings (SSSR count). The van der Waals surface area contributed by atoms with E-state index in [1.54, 1.807) is 26.0 Å². The minimum absolute atomic E-state index is 0.148. The highest BCUT2D eigenvalue weighted by molar-refractivity contribution is 7.89. The number of hydrogen-bond acceptors (Lipinski definition) is 5. The SMILES string of the molecule is CCN(CC)S(=O)(=O)c1ccc(CNC(=O)CNC(=O)CN)cc1. The van der Waals surface area contributed by atoms with Crippen LogP contribution in [0.4, 0.5) is 0 Å². The molecular formula is C15H24N4O4S. The fraction of sp³-hybridized carbons (Fsp3) is 0.467. The number of amides is 2. The maximum absolute atomic E-state index is 12.4. The van der Waals surface area contributed by atoms with E-state index in [2.05, 4.69) is 10.6 Å². The van der Waals surface area contributed by atoms with Gasteiger partial charge in [0.15, 0.2) is 0 Å². The van der Waals surface area contributed by atoms with Crippen LogP contribution in [0.3, 0.4) is 0 Å². The molecule has 9 heteroatoms. The molecule has 0 fully saturated rings. The largest absolute Gasteiger partial charge is 0.350 e. The predicted octanol–water partition coefficient (Wildman–Crippen LogP) is -0.592.